The molecule has 0 spiro atoms. The molecular formula is C17H21N5O. The van der Waals surface area contributed by atoms with E-state index in [0.717, 1.165) is 28.1 Å². The van der Waals surface area contributed by atoms with Crippen LogP contribution in [0.25, 0.3) is 16.6 Å². The average molecular weight is 311 g/mol. The highest BCUT2D eigenvalue weighted by Gasteiger charge is 2.10. The maximum Gasteiger partial charge on any atom is 0.221 e. The minimum Gasteiger partial charge on any atom is -0.369 e. The van der Waals surface area contributed by atoms with Crippen LogP contribution >= 0.6 is 0 Å². The number of para-hydroxylation sites is 1. The van der Waals surface area contributed by atoms with Crippen molar-refractivity contribution in [2.24, 2.45) is 0 Å². The lowest BCUT2D eigenvalue weighted by Crippen LogP contribution is -2.31. The molecule has 6 heteroatoms. The zero-order chi connectivity index (χ0) is 16.4. The van der Waals surface area contributed by atoms with Crippen molar-refractivity contribution in [2.45, 2.75) is 33.2 Å². The van der Waals surface area contributed by atoms with Gasteiger partial charge in [0.2, 0.25) is 5.91 Å². The molecule has 120 valence electrons. The summed E-state index contributed by atoms with van der Waals surface area (Å²) >= 11 is 0. The first-order valence-electron chi connectivity index (χ1n) is 7.83. The topological polar surface area (TPSA) is 71.3 Å². The molecular weight excluding hydrogens is 290 g/mol. The lowest BCUT2D eigenvalue weighted by Gasteiger charge is -2.11. The number of hydrogen-bond donors (Lipinski definition) is 2. The number of carbonyl (C=O) groups is 1. The zero-order valence-electron chi connectivity index (χ0n) is 13.6. The Morgan fingerprint density at radius 3 is 2.87 bits per heavy atom. The molecule has 0 fully saturated rings. The molecule has 23 heavy (non-hydrogen) atoms. The van der Waals surface area contributed by atoms with Crippen LogP contribution in [0.3, 0.4) is 0 Å². The van der Waals surface area contributed by atoms with E-state index in [0.29, 0.717) is 13.0 Å². The average Bonchev–Trinajstić information content (AvgIpc) is 2.87. The van der Waals surface area contributed by atoms with E-state index >= 15 is 0 Å². The van der Waals surface area contributed by atoms with Crippen molar-refractivity contribution in [3.05, 3.63) is 36.0 Å². The summed E-state index contributed by atoms with van der Waals surface area (Å²) < 4.78 is 1.85. The molecule has 3 rings (SSSR count). The summed E-state index contributed by atoms with van der Waals surface area (Å²) in [6, 6.07) is 10.1. The van der Waals surface area contributed by atoms with E-state index < -0.39 is 0 Å². The molecule has 2 aromatic heterocycles. The molecule has 0 saturated carbocycles. The van der Waals surface area contributed by atoms with Crippen LogP contribution in [0.2, 0.25) is 0 Å². The van der Waals surface area contributed by atoms with E-state index in [1.54, 1.807) is 0 Å². The molecule has 0 unspecified atom stereocenters. The number of rotatable bonds is 5. The van der Waals surface area contributed by atoms with Crippen LogP contribution in [0.1, 0.15) is 26.0 Å². The van der Waals surface area contributed by atoms with Crippen LogP contribution in [-0.4, -0.2) is 33.1 Å². The van der Waals surface area contributed by atoms with Gasteiger partial charge in [-0.15, -0.1) is 0 Å². The Bertz CT molecular complexity index is 853. The number of nitrogens with one attached hydrogen (secondary N) is 2. The molecule has 1 amide bonds. The smallest absolute Gasteiger partial charge is 0.221 e. The Hall–Kier alpha value is -2.63. The van der Waals surface area contributed by atoms with Gasteiger partial charge < -0.3 is 10.6 Å². The van der Waals surface area contributed by atoms with Gasteiger partial charge in [0.15, 0.2) is 5.65 Å². The first-order chi connectivity index (χ1) is 11.0. The Morgan fingerprint density at radius 2 is 2.09 bits per heavy atom. The van der Waals surface area contributed by atoms with E-state index in [4.69, 9.17) is 0 Å². The second-order valence-electron chi connectivity index (χ2n) is 5.93. The molecule has 6 nitrogen and oxygen atoms in total. The van der Waals surface area contributed by atoms with Crippen molar-refractivity contribution in [1.29, 1.82) is 0 Å². The van der Waals surface area contributed by atoms with Crippen LogP contribution in [0.15, 0.2) is 30.3 Å². The van der Waals surface area contributed by atoms with Crippen LogP contribution in [0.4, 0.5) is 5.82 Å². The Kier molecular flexibility index (Phi) is 4.14. The quantitative estimate of drug-likeness (QED) is 0.759. The maximum atomic E-state index is 11.7. The number of aryl methyl sites for hydroxylation is 1. The largest absolute Gasteiger partial charge is 0.369 e. The fraction of sp³-hybridized carbons (Fsp3) is 0.353. The number of hydrogen-bond acceptors (Lipinski definition) is 4. The van der Waals surface area contributed by atoms with Crippen molar-refractivity contribution in [3.63, 3.8) is 0 Å². The van der Waals surface area contributed by atoms with Gasteiger partial charge in [-0.25, -0.2) is 9.50 Å². The molecule has 0 radical (unpaired) electrons. The minimum atomic E-state index is 0.0399. The van der Waals surface area contributed by atoms with Crippen molar-refractivity contribution >= 4 is 28.3 Å². The van der Waals surface area contributed by atoms with E-state index in [-0.39, 0.29) is 11.9 Å². The molecule has 2 N–H and O–H groups in total. The lowest BCUT2D eigenvalue weighted by atomic mass is 10.2. The summed E-state index contributed by atoms with van der Waals surface area (Å²) in [5.41, 5.74) is 2.73. The summed E-state index contributed by atoms with van der Waals surface area (Å²) in [6.07, 6.45) is 0.414. The standard InChI is InChI=1S/C17H21N5O/c1-11(2)19-16(23)8-9-18-17-13-6-4-5-7-14(13)22-15(20-17)10-12(3)21-22/h4-7,10-11H,8-9H2,1-3H3,(H,18,20)(H,19,23). The first-order valence-corrected chi connectivity index (χ1v) is 7.83. The zero-order valence-corrected chi connectivity index (χ0v) is 13.6. The third-order valence-electron chi connectivity index (χ3n) is 3.52. The summed E-state index contributed by atoms with van der Waals surface area (Å²) in [5, 5.41) is 11.6. The number of anilines is 1. The van der Waals surface area contributed by atoms with Gasteiger partial charge in [0.25, 0.3) is 0 Å². The normalized spacial score (nSPS) is 11.3. The van der Waals surface area contributed by atoms with Gasteiger partial charge in [-0.1, -0.05) is 12.1 Å². The Balaban J connectivity index is 1.86. The third-order valence-corrected chi connectivity index (χ3v) is 3.52. The van der Waals surface area contributed by atoms with Crippen LogP contribution in [-0.2, 0) is 4.79 Å². The highest BCUT2D eigenvalue weighted by molar-refractivity contribution is 5.91. The van der Waals surface area contributed by atoms with Gasteiger partial charge in [-0.05, 0) is 32.9 Å². The number of carbonyl (C=O) groups excluding carboxylic acids is 1. The van der Waals surface area contributed by atoms with Crippen molar-refractivity contribution in [2.75, 3.05) is 11.9 Å². The number of amides is 1. The van der Waals surface area contributed by atoms with E-state index in [1.807, 2.05) is 55.6 Å². The fourth-order valence-corrected chi connectivity index (χ4v) is 2.60. The van der Waals surface area contributed by atoms with Gasteiger partial charge in [0.1, 0.15) is 5.82 Å². The van der Waals surface area contributed by atoms with E-state index in [9.17, 15) is 4.79 Å². The number of benzene rings is 1. The Morgan fingerprint density at radius 1 is 1.30 bits per heavy atom. The summed E-state index contributed by atoms with van der Waals surface area (Å²) in [6.45, 7) is 6.40. The molecule has 0 bridgehead atoms. The van der Waals surface area contributed by atoms with Gasteiger partial charge in [-0.2, -0.15) is 5.10 Å². The van der Waals surface area contributed by atoms with Gasteiger partial charge >= 0.3 is 0 Å². The molecule has 1 aromatic carbocycles. The number of aromatic nitrogens is 3. The molecule has 0 aliphatic heterocycles. The predicted molar refractivity (Wildman–Crippen MR) is 91.6 cm³/mol. The highest BCUT2D eigenvalue weighted by Crippen LogP contribution is 2.23. The monoisotopic (exact) mass is 311 g/mol. The number of nitrogens with zero attached hydrogens (tertiary/aromatic N) is 3. The molecule has 0 aliphatic carbocycles. The predicted octanol–water partition coefficient (Wildman–Crippen LogP) is 2.52. The highest BCUT2D eigenvalue weighted by atomic mass is 16.1. The first kappa shape index (κ1) is 15.3. The number of fused-ring (bicyclic) bond motifs is 3. The molecule has 0 aliphatic rings. The van der Waals surface area contributed by atoms with Gasteiger partial charge in [-0.3, -0.25) is 4.79 Å². The Labute approximate surface area is 134 Å². The lowest BCUT2D eigenvalue weighted by molar-refractivity contribution is -0.121. The second-order valence-corrected chi connectivity index (χ2v) is 5.93. The molecule has 2 heterocycles. The minimum absolute atomic E-state index is 0.0399. The summed E-state index contributed by atoms with van der Waals surface area (Å²) in [5.74, 6) is 0.823. The summed E-state index contributed by atoms with van der Waals surface area (Å²) in [4.78, 5) is 16.4. The van der Waals surface area contributed by atoms with Crippen molar-refractivity contribution in [3.8, 4) is 0 Å². The van der Waals surface area contributed by atoms with Gasteiger partial charge in [0, 0.05) is 30.5 Å². The van der Waals surface area contributed by atoms with Crippen LogP contribution in [0.5, 0.6) is 0 Å². The molecule has 0 saturated heterocycles. The van der Waals surface area contributed by atoms with E-state index in [2.05, 4.69) is 20.7 Å². The van der Waals surface area contributed by atoms with Crippen LogP contribution < -0.4 is 10.6 Å². The summed E-state index contributed by atoms with van der Waals surface area (Å²) in [7, 11) is 0. The fourth-order valence-electron chi connectivity index (χ4n) is 2.60. The van der Waals surface area contributed by atoms with Crippen molar-refractivity contribution in [1.82, 2.24) is 19.9 Å². The maximum absolute atomic E-state index is 11.7. The van der Waals surface area contributed by atoms with Crippen LogP contribution in [0, 0.1) is 6.92 Å². The third kappa shape index (κ3) is 3.26. The molecule has 0 atom stereocenters. The van der Waals surface area contributed by atoms with Gasteiger partial charge in [0.05, 0.1) is 11.2 Å². The molecule has 3 aromatic rings. The van der Waals surface area contributed by atoms with Crippen molar-refractivity contribution < 1.29 is 4.79 Å². The second kappa shape index (κ2) is 6.24. The SMILES string of the molecule is Cc1cc2nc(NCCC(=O)NC(C)C)c3ccccc3n2n1. The van der Waals surface area contributed by atoms with E-state index in [1.165, 1.54) is 0 Å².